The van der Waals surface area contributed by atoms with Gasteiger partial charge in [0.1, 0.15) is 11.2 Å². The molecule has 1 N–H and O–H groups in total. The summed E-state index contributed by atoms with van der Waals surface area (Å²) in [6.45, 7) is 1.58. The van der Waals surface area contributed by atoms with Gasteiger partial charge >= 0.3 is 5.97 Å². The van der Waals surface area contributed by atoms with E-state index in [9.17, 15) is 13.2 Å². The first-order valence-corrected chi connectivity index (χ1v) is 5.98. The zero-order valence-corrected chi connectivity index (χ0v) is 8.94. The fraction of sp³-hybridized carbons (Fsp3) is 0.800. The molecule has 0 saturated carbocycles. The highest BCUT2D eigenvalue weighted by atomic mass is 79.9. The maximum atomic E-state index is 10.7. The molecule has 0 aliphatic rings. The summed E-state index contributed by atoms with van der Waals surface area (Å²) in [5.41, 5.74) is 0. The molecule has 5 nitrogen and oxygen atoms in total. The number of sulfonamides is 1. The summed E-state index contributed by atoms with van der Waals surface area (Å²) in [5.74, 6) is -0.581. The van der Waals surface area contributed by atoms with E-state index in [1.54, 1.807) is 6.92 Å². The van der Waals surface area contributed by atoms with Crippen LogP contribution in [0.25, 0.3) is 0 Å². The van der Waals surface area contributed by atoms with Crippen LogP contribution in [0.15, 0.2) is 0 Å². The highest BCUT2D eigenvalue weighted by Gasteiger charge is 2.10. The second-order valence-corrected chi connectivity index (χ2v) is 4.96. The minimum Gasteiger partial charge on any atom is -0.465 e. The van der Waals surface area contributed by atoms with Crippen molar-refractivity contribution in [2.45, 2.75) is 6.92 Å². The third-order valence-corrected chi connectivity index (χ3v) is 3.57. The molecule has 0 bridgehead atoms. The number of nitrogens with one attached hydrogen (secondary N) is 1. The number of esters is 1. The van der Waals surface area contributed by atoms with Gasteiger partial charge in [0, 0.05) is 0 Å². The van der Waals surface area contributed by atoms with Gasteiger partial charge in [-0.2, -0.15) is 0 Å². The highest BCUT2D eigenvalue weighted by Crippen LogP contribution is 1.90. The van der Waals surface area contributed by atoms with Crippen LogP contribution in [0.5, 0.6) is 0 Å². The number of halogens is 1. The van der Waals surface area contributed by atoms with Crippen LogP contribution in [0.1, 0.15) is 6.92 Å². The minimum atomic E-state index is -3.37. The third-order valence-electron chi connectivity index (χ3n) is 0.885. The molecule has 0 aromatic carbocycles. The lowest BCUT2D eigenvalue weighted by Crippen LogP contribution is -2.31. The number of hydrogen-bond acceptors (Lipinski definition) is 4. The van der Waals surface area contributed by atoms with Gasteiger partial charge in [0.2, 0.25) is 10.0 Å². The molecule has 0 amide bonds. The number of hydrogen-bond donors (Lipinski definition) is 1. The Morgan fingerprint density at radius 2 is 2.17 bits per heavy atom. The maximum Gasteiger partial charge on any atom is 0.320 e. The molecule has 0 unspecified atom stereocenters. The van der Waals surface area contributed by atoms with E-state index in [1.807, 2.05) is 4.72 Å². The van der Waals surface area contributed by atoms with Gasteiger partial charge in [-0.05, 0) is 6.92 Å². The van der Waals surface area contributed by atoms with Crippen molar-refractivity contribution in [2.75, 3.05) is 17.8 Å². The molecule has 0 aliphatic heterocycles. The molecule has 7 heteroatoms. The Morgan fingerprint density at radius 1 is 1.58 bits per heavy atom. The quantitative estimate of drug-likeness (QED) is 0.550. The molecule has 12 heavy (non-hydrogen) atoms. The lowest BCUT2D eigenvalue weighted by Gasteiger charge is -2.02. The Kier molecular flexibility index (Phi) is 5.43. The minimum absolute atomic E-state index is 0.223. The maximum absolute atomic E-state index is 10.7. The Bertz CT molecular complexity index is 238. The fourth-order valence-corrected chi connectivity index (χ4v) is 1.32. The lowest BCUT2D eigenvalue weighted by atomic mass is 10.7. The van der Waals surface area contributed by atoms with Gasteiger partial charge < -0.3 is 4.74 Å². The van der Waals surface area contributed by atoms with Crippen LogP contribution >= 0.6 is 15.9 Å². The van der Waals surface area contributed by atoms with Crippen molar-refractivity contribution in [3.63, 3.8) is 0 Å². The lowest BCUT2D eigenvalue weighted by molar-refractivity contribution is -0.141. The van der Waals surface area contributed by atoms with E-state index in [1.165, 1.54) is 0 Å². The molecule has 0 saturated heterocycles. The molecular weight excluding hydrogens is 250 g/mol. The summed E-state index contributed by atoms with van der Waals surface area (Å²) in [4.78, 5) is 10.6. The van der Waals surface area contributed by atoms with Crippen LogP contribution in [0.3, 0.4) is 0 Å². The predicted molar refractivity (Wildman–Crippen MR) is 47.3 cm³/mol. The summed E-state index contributed by atoms with van der Waals surface area (Å²) < 4.78 is 27.8. The summed E-state index contributed by atoms with van der Waals surface area (Å²) in [6, 6.07) is 0. The van der Waals surface area contributed by atoms with Gasteiger partial charge in [0.15, 0.2) is 0 Å². The van der Waals surface area contributed by atoms with Crippen LogP contribution < -0.4 is 4.72 Å². The van der Waals surface area contributed by atoms with Gasteiger partial charge in [0.25, 0.3) is 0 Å². The Hall–Kier alpha value is -0.140. The molecule has 72 valence electrons. The second-order valence-electron chi connectivity index (χ2n) is 1.85. The number of carbonyl (C=O) groups is 1. The summed E-state index contributed by atoms with van der Waals surface area (Å²) in [6.07, 6.45) is 0. The fourth-order valence-electron chi connectivity index (χ4n) is 0.419. The van der Waals surface area contributed by atoms with E-state index < -0.39 is 16.0 Å². The smallest absolute Gasteiger partial charge is 0.320 e. The molecule has 0 aliphatic carbocycles. The highest BCUT2D eigenvalue weighted by molar-refractivity contribution is 9.10. The van der Waals surface area contributed by atoms with Crippen molar-refractivity contribution in [2.24, 2.45) is 0 Å². The SMILES string of the molecule is CCOC(=O)CNS(=O)(=O)CBr. The Labute approximate surface area is 79.7 Å². The molecule has 0 atom stereocenters. The number of ether oxygens (including phenoxy) is 1. The first-order valence-electron chi connectivity index (χ1n) is 3.20. The van der Waals surface area contributed by atoms with Crippen molar-refractivity contribution in [3.8, 4) is 0 Å². The van der Waals surface area contributed by atoms with Crippen LogP contribution in [0.2, 0.25) is 0 Å². The van der Waals surface area contributed by atoms with Crippen molar-refractivity contribution in [1.82, 2.24) is 4.72 Å². The normalized spacial score (nSPS) is 11.2. The first kappa shape index (κ1) is 11.9. The largest absolute Gasteiger partial charge is 0.465 e. The van der Waals surface area contributed by atoms with Crippen molar-refractivity contribution < 1.29 is 17.9 Å². The first-order chi connectivity index (χ1) is 5.52. The summed E-state index contributed by atoms with van der Waals surface area (Å²) in [7, 11) is -3.37. The standard InChI is InChI=1S/C5H10BrNO4S/c1-2-11-5(8)3-7-12(9,10)4-6/h7H,2-4H2,1H3. The number of alkyl halides is 1. The van der Waals surface area contributed by atoms with E-state index in [-0.39, 0.29) is 17.8 Å². The molecular formula is C5H10BrNO4S. The van der Waals surface area contributed by atoms with E-state index in [0.29, 0.717) is 0 Å². The predicted octanol–water partition coefficient (Wildman–Crippen LogP) is -0.179. The number of carbonyl (C=O) groups excluding carboxylic acids is 1. The van der Waals surface area contributed by atoms with Gasteiger partial charge in [0.05, 0.1) is 6.61 Å². The van der Waals surface area contributed by atoms with Gasteiger partial charge in [-0.25, -0.2) is 13.1 Å². The molecule has 0 fully saturated rings. The molecule has 0 heterocycles. The second kappa shape index (κ2) is 5.50. The Balaban J connectivity index is 3.76. The van der Waals surface area contributed by atoms with Crippen LogP contribution in [-0.2, 0) is 19.6 Å². The summed E-state index contributed by atoms with van der Waals surface area (Å²) >= 11 is 2.76. The van der Waals surface area contributed by atoms with Crippen LogP contribution in [0, 0.1) is 0 Å². The van der Waals surface area contributed by atoms with E-state index in [2.05, 4.69) is 20.7 Å². The van der Waals surface area contributed by atoms with E-state index in [0.717, 1.165) is 0 Å². The van der Waals surface area contributed by atoms with Crippen molar-refractivity contribution in [3.05, 3.63) is 0 Å². The van der Waals surface area contributed by atoms with Gasteiger partial charge in [-0.1, -0.05) is 15.9 Å². The monoisotopic (exact) mass is 259 g/mol. The van der Waals surface area contributed by atoms with Crippen LogP contribution in [-0.4, -0.2) is 32.2 Å². The van der Waals surface area contributed by atoms with Crippen LogP contribution in [0.4, 0.5) is 0 Å². The Morgan fingerprint density at radius 3 is 2.58 bits per heavy atom. The zero-order valence-electron chi connectivity index (χ0n) is 6.54. The molecule has 0 radical (unpaired) electrons. The third kappa shape index (κ3) is 5.50. The van der Waals surface area contributed by atoms with Crippen molar-refractivity contribution >= 4 is 31.9 Å². The van der Waals surface area contributed by atoms with E-state index >= 15 is 0 Å². The molecule has 0 aromatic rings. The summed E-state index contributed by atoms with van der Waals surface area (Å²) in [5, 5.41) is 0. The average Bonchev–Trinajstić information content (AvgIpc) is 2.02. The molecule has 0 rings (SSSR count). The molecule has 0 spiro atoms. The zero-order chi connectivity index (χ0) is 9.61. The average molecular weight is 260 g/mol. The van der Waals surface area contributed by atoms with Gasteiger partial charge in [-0.15, -0.1) is 0 Å². The van der Waals surface area contributed by atoms with Gasteiger partial charge in [-0.3, -0.25) is 4.79 Å². The topological polar surface area (TPSA) is 72.5 Å². The van der Waals surface area contributed by atoms with Crippen molar-refractivity contribution in [1.29, 1.82) is 0 Å². The van der Waals surface area contributed by atoms with E-state index in [4.69, 9.17) is 0 Å². The molecule has 0 aromatic heterocycles. The number of rotatable bonds is 5.